The van der Waals surface area contributed by atoms with Gasteiger partial charge in [-0.3, -0.25) is 0 Å². The SMILES string of the molecule is Cc1nn(-c2ccccc2)c2c1[C@H](c1ccccc1F)C(C#N)=C(N)O2. The number of allylic oxidation sites excluding steroid dienone is 1. The fraction of sp³-hybridized carbons (Fsp3) is 0.100. The predicted octanol–water partition coefficient (Wildman–Crippen LogP) is 3.54. The summed E-state index contributed by atoms with van der Waals surface area (Å²) in [6, 6.07) is 17.9. The van der Waals surface area contributed by atoms with Crippen LogP contribution in [0.5, 0.6) is 5.88 Å². The molecule has 0 saturated heterocycles. The highest BCUT2D eigenvalue weighted by atomic mass is 19.1. The molecule has 26 heavy (non-hydrogen) atoms. The van der Waals surface area contributed by atoms with Crippen LogP contribution in [0, 0.1) is 24.1 Å². The number of nitrogens with zero attached hydrogens (tertiary/aromatic N) is 3. The van der Waals surface area contributed by atoms with Crippen LogP contribution in [0.15, 0.2) is 66.1 Å². The zero-order chi connectivity index (χ0) is 18.3. The monoisotopic (exact) mass is 346 g/mol. The van der Waals surface area contributed by atoms with Crippen molar-refractivity contribution in [3.63, 3.8) is 0 Å². The van der Waals surface area contributed by atoms with Gasteiger partial charge in [0, 0.05) is 5.56 Å². The van der Waals surface area contributed by atoms with Gasteiger partial charge in [-0.1, -0.05) is 36.4 Å². The van der Waals surface area contributed by atoms with Gasteiger partial charge >= 0.3 is 0 Å². The van der Waals surface area contributed by atoms with Gasteiger partial charge in [0.25, 0.3) is 0 Å². The van der Waals surface area contributed by atoms with Gasteiger partial charge in [-0.05, 0) is 25.1 Å². The number of rotatable bonds is 2. The maximum Gasteiger partial charge on any atom is 0.229 e. The quantitative estimate of drug-likeness (QED) is 0.770. The van der Waals surface area contributed by atoms with E-state index in [1.807, 2.05) is 37.3 Å². The normalized spacial score (nSPS) is 16.0. The van der Waals surface area contributed by atoms with Crippen LogP contribution >= 0.6 is 0 Å². The van der Waals surface area contributed by atoms with Crippen molar-refractivity contribution in [3.8, 4) is 17.6 Å². The molecule has 1 atom stereocenters. The molecular weight excluding hydrogens is 331 g/mol. The molecule has 2 aromatic carbocycles. The van der Waals surface area contributed by atoms with Crippen LogP contribution < -0.4 is 10.5 Å². The highest BCUT2D eigenvalue weighted by Crippen LogP contribution is 2.45. The Morgan fingerprint density at radius 3 is 2.54 bits per heavy atom. The zero-order valence-corrected chi connectivity index (χ0v) is 14.0. The molecule has 0 aliphatic carbocycles. The molecule has 3 aromatic rings. The van der Waals surface area contributed by atoms with Crippen LogP contribution in [0.3, 0.4) is 0 Å². The first-order chi connectivity index (χ1) is 12.6. The van der Waals surface area contributed by atoms with Gasteiger partial charge in [0.1, 0.15) is 17.5 Å². The van der Waals surface area contributed by atoms with E-state index < -0.39 is 11.7 Å². The van der Waals surface area contributed by atoms with Crippen molar-refractivity contribution in [3.05, 3.63) is 88.7 Å². The second-order valence-electron chi connectivity index (χ2n) is 6.00. The standard InChI is InChI=1S/C20H15FN4O/c1-12-17-18(14-9-5-6-10-16(14)21)15(11-22)19(23)26-20(17)25(24-12)13-7-3-2-4-8-13/h2-10,18H,23H2,1H3/t18-/m1/s1. The minimum Gasteiger partial charge on any atom is -0.422 e. The molecule has 6 heteroatoms. The number of benzene rings is 2. The van der Waals surface area contributed by atoms with Crippen molar-refractivity contribution in [2.24, 2.45) is 5.73 Å². The van der Waals surface area contributed by atoms with E-state index in [0.717, 1.165) is 5.69 Å². The molecule has 1 aliphatic heterocycles. The van der Waals surface area contributed by atoms with Crippen LogP contribution in [0.1, 0.15) is 22.7 Å². The molecule has 4 rings (SSSR count). The molecule has 0 spiro atoms. The Morgan fingerprint density at radius 1 is 1.15 bits per heavy atom. The van der Waals surface area contributed by atoms with Crippen molar-refractivity contribution in [1.82, 2.24) is 9.78 Å². The van der Waals surface area contributed by atoms with Crippen molar-refractivity contribution in [1.29, 1.82) is 5.26 Å². The van der Waals surface area contributed by atoms with Gasteiger partial charge in [-0.2, -0.15) is 10.4 Å². The summed E-state index contributed by atoms with van der Waals surface area (Å²) in [5.74, 6) is -0.705. The van der Waals surface area contributed by atoms with E-state index in [9.17, 15) is 9.65 Å². The molecular formula is C20H15FN4O. The number of aryl methyl sites for hydroxylation is 1. The van der Waals surface area contributed by atoms with Crippen LogP contribution in [0.4, 0.5) is 4.39 Å². The number of para-hydroxylation sites is 1. The van der Waals surface area contributed by atoms with E-state index in [0.29, 0.717) is 22.7 Å². The zero-order valence-electron chi connectivity index (χ0n) is 14.0. The first-order valence-corrected chi connectivity index (χ1v) is 8.08. The van der Waals surface area contributed by atoms with Gasteiger partial charge in [0.05, 0.1) is 22.9 Å². The molecule has 1 aromatic heterocycles. The van der Waals surface area contributed by atoms with Crippen molar-refractivity contribution < 1.29 is 9.13 Å². The summed E-state index contributed by atoms with van der Waals surface area (Å²) in [5.41, 5.74) is 8.64. The molecule has 5 nitrogen and oxygen atoms in total. The van der Waals surface area contributed by atoms with Gasteiger partial charge in [0.2, 0.25) is 11.8 Å². The molecule has 0 bridgehead atoms. The molecule has 0 saturated carbocycles. The molecule has 1 aliphatic rings. The topological polar surface area (TPSA) is 76.9 Å². The summed E-state index contributed by atoms with van der Waals surface area (Å²) in [6.45, 7) is 1.81. The molecule has 2 N–H and O–H groups in total. The molecule has 128 valence electrons. The number of hydrogen-bond donors (Lipinski definition) is 1. The first-order valence-electron chi connectivity index (χ1n) is 8.08. The van der Waals surface area contributed by atoms with Gasteiger partial charge in [-0.15, -0.1) is 0 Å². The Balaban J connectivity index is 1.99. The smallest absolute Gasteiger partial charge is 0.229 e. The Morgan fingerprint density at radius 2 is 1.85 bits per heavy atom. The Kier molecular flexibility index (Phi) is 3.70. The predicted molar refractivity (Wildman–Crippen MR) is 94.0 cm³/mol. The van der Waals surface area contributed by atoms with E-state index in [-0.39, 0.29) is 11.5 Å². The van der Waals surface area contributed by atoms with E-state index in [1.54, 1.807) is 22.9 Å². The van der Waals surface area contributed by atoms with Gasteiger partial charge < -0.3 is 10.5 Å². The molecule has 0 unspecified atom stereocenters. The minimum atomic E-state index is -0.664. The largest absolute Gasteiger partial charge is 0.422 e. The fourth-order valence-electron chi connectivity index (χ4n) is 3.28. The average molecular weight is 346 g/mol. The summed E-state index contributed by atoms with van der Waals surface area (Å²) < 4.78 is 21.9. The van der Waals surface area contributed by atoms with Crippen LogP contribution in [-0.2, 0) is 0 Å². The van der Waals surface area contributed by atoms with Crippen LogP contribution in [0.2, 0.25) is 0 Å². The third kappa shape index (κ3) is 2.33. The van der Waals surface area contributed by atoms with E-state index in [4.69, 9.17) is 10.5 Å². The number of nitriles is 1. The van der Waals surface area contributed by atoms with Crippen molar-refractivity contribution in [2.45, 2.75) is 12.8 Å². The first kappa shape index (κ1) is 15.9. The lowest BCUT2D eigenvalue weighted by Gasteiger charge is -2.25. The third-order valence-corrected chi connectivity index (χ3v) is 4.45. The Labute approximate surface area is 149 Å². The average Bonchev–Trinajstić information content (AvgIpc) is 2.98. The lowest BCUT2D eigenvalue weighted by atomic mass is 9.84. The number of ether oxygens (including phenoxy) is 1. The van der Waals surface area contributed by atoms with Crippen molar-refractivity contribution >= 4 is 0 Å². The Bertz CT molecular complexity index is 1060. The number of nitrogens with two attached hydrogens (primary N) is 1. The highest BCUT2D eigenvalue weighted by molar-refractivity contribution is 5.57. The fourth-order valence-corrected chi connectivity index (χ4v) is 3.28. The molecule has 2 heterocycles. The highest BCUT2D eigenvalue weighted by Gasteiger charge is 2.37. The third-order valence-electron chi connectivity index (χ3n) is 4.45. The van der Waals surface area contributed by atoms with Crippen LogP contribution in [0.25, 0.3) is 5.69 Å². The molecule has 0 radical (unpaired) electrons. The summed E-state index contributed by atoms with van der Waals surface area (Å²) in [4.78, 5) is 0. The number of fused-ring (bicyclic) bond motifs is 1. The molecule has 0 amide bonds. The van der Waals surface area contributed by atoms with E-state index in [2.05, 4.69) is 11.2 Å². The number of hydrogen-bond acceptors (Lipinski definition) is 4. The lowest BCUT2D eigenvalue weighted by molar-refractivity contribution is 0.366. The maximum atomic E-state index is 14.5. The van der Waals surface area contributed by atoms with E-state index >= 15 is 0 Å². The van der Waals surface area contributed by atoms with Gasteiger partial charge in [0.15, 0.2) is 0 Å². The molecule has 0 fully saturated rings. The maximum absolute atomic E-state index is 14.5. The van der Waals surface area contributed by atoms with Crippen molar-refractivity contribution in [2.75, 3.05) is 0 Å². The second kappa shape index (κ2) is 6.05. The van der Waals surface area contributed by atoms with Gasteiger partial charge in [-0.25, -0.2) is 9.07 Å². The Hall–Kier alpha value is -3.59. The number of halogens is 1. The summed E-state index contributed by atoms with van der Waals surface area (Å²) in [6.07, 6.45) is 0. The van der Waals surface area contributed by atoms with E-state index in [1.165, 1.54) is 6.07 Å². The summed E-state index contributed by atoms with van der Waals surface area (Å²) >= 11 is 0. The summed E-state index contributed by atoms with van der Waals surface area (Å²) in [5, 5.41) is 14.2. The second-order valence-corrected chi connectivity index (χ2v) is 6.00. The minimum absolute atomic E-state index is 0.0367. The summed E-state index contributed by atoms with van der Waals surface area (Å²) in [7, 11) is 0. The van der Waals surface area contributed by atoms with Crippen LogP contribution in [-0.4, -0.2) is 9.78 Å². The lowest BCUT2D eigenvalue weighted by Crippen LogP contribution is -2.22. The number of aromatic nitrogens is 2.